The number of carbonyl (C=O) groups excluding carboxylic acids is 2. The van der Waals surface area contributed by atoms with E-state index in [1.54, 1.807) is 19.4 Å². The molecule has 4 rings (SSSR count). The number of nitrogens with one attached hydrogen (secondary N) is 4. The van der Waals surface area contributed by atoms with Crippen LogP contribution in [0, 0.1) is 11.8 Å². The molecule has 1 aromatic carbocycles. The fourth-order valence-electron chi connectivity index (χ4n) is 4.11. The molecule has 0 radical (unpaired) electrons. The number of hydrogen-bond donors (Lipinski definition) is 4. The number of ether oxygens (including phenoxy) is 1. The highest BCUT2D eigenvalue weighted by molar-refractivity contribution is 5.86. The quantitative estimate of drug-likeness (QED) is 0.274. The molecule has 3 heterocycles. The Hall–Kier alpha value is -4.33. The molecule has 0 bridgehead atoms. The Morgan fingerprint density at radius 3 is 2.89 bits per heavy atom. The van der Waals surface area contributed by atoms with Crippen molar-refractivity contribution in [2.75, 3.05) is 30.8 Å². The molecule has 1 aliphatic heterocycles. The van der Waals surface area contributed by atoms with Crippen molar-refractivity contribution in [2.24, 2.45) is 0 Å². The van der Waals surface area contributed by atoms with E-state index in [1.807, 2.05) is 39.0 Å². The summed E-state index contributed by atoms with van der Waals surface area (Å²) in [5.41, 5.74) is 1.86. The lowest BCUT2D eigenvalue weighted by Crippen LogP contribution is -2.47. The number of H-pyrrole nitrogens is 1. The van der Waals surface area contributed by atoms with Gasteiger partial charge in [-0.3, -0.25) is 14.8 Å². The van der Waals surface area contributed by atoms with Crippen molar-refractivity contribution in [1.29, 1.82) is 0 Å². The Morgan fingerprint density at radius 2 is 2.11 bits per heavy atom. The van der Waals surface area contributed by atoms with Crippen LogP contribution in [-0.4, -0.2) is 68.8 Å². The molecule has 1 fully saturated rings. The van der Waals surface area contributed by atoms with Crippen molar-refractivity contribution in [3.63, 3.8) is 0 Å². The topological polar surface area (TPSA) is 137 Å². The Labute approximate surface area is 222 Å². The van der Waals surface area contributed by atoms with Crippen LogP contribution in [0.1, 0.15) is 52.0 Å². The molecule has 38 heavy (non-hydrogen) atoms. The highest BCUT2D eigenvalue weighted by atomic mass is 16.6. The summed E-state index contributed by atoms with van der Waals surface area (Å²) < 4.78 is 5.44. The minimum absolute atomic E-state index is 0.151. The van der Waals surface area contributed by atoms with E-state index in [-0.39, 0.29) is 5.91 Å². The minimum atomic E-state index is -0.593. The Kier molecular flexibility index (Phi) is 8.31. The fourth-order valence-corrected chi connectivity index (χ4v) is 4.11. The minimum Gasteiger partial charge on any atom is -0.444 e. The second-order valence-corrected chi connectivity index (χ2v) is 10.0. The summed E-state index contributed by atoms with van der Waals surface area (Å²) in [5.74, 6) is 7.15. The predicted molar refractivity (Wildman–Crippen MR) is 146 cm³/mol. The predicted octanol–water partition coefficient (Wildman–Crippen LogP) is 3.79. The normalized spacial score (nSPS) is 15.1. The molecule has 2 amide bonds. The number of hydrogen-bond acceptors (Lipinski definition) is 8. The van der Waals surface area contributed by atoms with Crippen LogP contribution in [0.25, 0.3) is 10.9 Å². The zero-order chi connectivity index (χ0) is 27.1. The maximum absolute atomic E-state index is 12.6. The van der Waals surface area contributed by atoms with Crippen molar-refractivity contribution < 1.29 is 14.3 Å². The average Bonchev–Trinajstić information content (AvgIpc) is 3.55. The molecular weight excluding hydrogens is 484 g/mol. The summed E-state index contributed by atoms with van der Waals surface area (Å²) in [6.07, 6.45) is 5.70. The van der Waals surface area contributed by atoms with Gasteiger partial charge in [0.1, 0.15) is 17.5 Å². The van der Waals surface area contributed by atoms with Gasteiger partial charge in [0, 0.05) is 37.6 Å². The summed E-state index contributed by atoms with van der Waals surface area (Å²) >= 11 is 0. The first-order chi connectivity index (χ1) is 18.2. The van der Waals surface area contributed by atoms with Crippen molar-refractivity contribution >= 4 is 40.4 Å². The molecule has 11 heteroatoms. The van der Waals surface area contributed by atoms with E-state index >= 15 is 0 Å². The molecular formula is C27H34N8O3. The van der Waals surface area contributed by atoms with Crippen LogP contribution < -0.4 is 16.0 Å². The summed E-state index contributed by atoms with van der Waals surface area (Å²) in [4.78, 5) is 35.5. The van der Waals surface area contributed by atoms with Crippen LogP contribution >= 0.6 is 0 Å². The fraction of sp³-hybridized carbons (Fsp3) is 0.444. The summed E-state index contributed by atoms with van der Waals surface area (Å²) in [7, 11) is 1.78. The molecule has 11 nitrogen and oxygen atoms in total. The Balaban J connectivity index is 1.25. The number of unbranched alkanes of at least 4 members (excludes halogenated alkanes) is 1. The highest BCUT2D eigenvalue weighted by Crippen LogP contribution is 2.22. The zero-order valence-corrected chi connectivity index (χ0v) is 22.2. The smallest absolute Gasteiger partial charge is 0.410 e. The van der Waals surface area contributed by atoms with Gasteiger partial charge < -0.3 is 20.7 Å². The first-order valence-corrected chi connectivity index (χ1v) is 12.7. The van der Waals surface area contributed by atoms with Gasteiger partial charge in [0.05, 0.1) is 23.5 Å². The molecule has 1 saturated heterocycles. The van der Waals surface area contributed by atoms with Crippen LogP contribution in [0.2, 0.25) is 0 Å². The third kappa shape index (κ3) is 6.91. The summed E-state index contributed by atoms with van der Waals surface area (Å²) in [6, 6.07) is 5.36. The molecule has 1 aliphatic rings. The molecule has 2 aromatic heterocycles. The number of amides is 2. The van der Waals surface area contributed by atoms with Gasteiger partial charge in [-0.15, -0.1) is 0 Å². The number of aromatic amines is 1. The van der Waals surface area contributed by atoms with E-state index in [0.717, 1.165) is 23.0 Å². The lowest BCUT2D eigenvalue weighted by molar-refractivity contribution is -0.125. The third-order valence-corrected chi connectivity index (χ3v) is 5.91. The van der Waals surface area contributed by atoms with Crippen LogP contribution in [0.4, 0.5) is 22.2 Å². The second-order valence-electron chi connectivity index (χ2n) is 10.0. The van der Waals surface area contributed by atoms with Crippen LogP contribution in [0.15, 0.2) is 30.6 Å². The molecule has 1 atom stereocenters. The molecule has 0 unspecified atom stereocenters. The van der Waals surface area contributed by atoms with Gasteiger partial charge in [0.2, 0.25) is 11.9 Å². The van der Waals surface area contributed by atoms with E-state index in [9.17, 15) is 9.59 Å². The average molecular weight is 519 g/mol. The SMILES string of the molecule is CNc1nc(Nc2ccc3cn[nH]c3c2)ncc1C#CCCCNC(=O)[C@@H]1CCCN1C(=O)OC(C)(C)C. The number of benzene rings is 1. The molecule has 3 aromatic rings. The van der Waals surface area contributed by atoms with Gasteiger partial charge in [-0.05, 0) is 58.2 Å². The van der Waals surface area contributed by atoms with Crippen molar-refractivity contribution in [3.05, 3.63) is 36.2 Å². The van der Waals surface area contributed by atoms with Crippen molar-refractivity contribution in [3.8, 4) is 11.8 Å². The number of nitrogens with zero attached hydrogens (tertiary/aromatic N) is 4. The van der Waals surface area contributed by atoms with Crippen LogP contribution in [-0.2, 0) is 9.53 Å². The van der Waals surface area contributed by atoms with Gasteiger partial charge in [0.15, 0.2) is 0 Å². The zero-order valence-electron chi connectivity index (χ0n) is 22.2. The van der Waals surface area contributed by atoms with Crippen molar-refractivity contribution in [2.45, 2.75) is 58.1 Å². The number of likely N-dealkylation sites (tertiary alicyclic amines) is 1. The Bertz CT molecular complexity index is 1350. The summed E-state index contributed by atoms with van der Waals surface area (Å²) in [5, 5.41) is 17.2. The van der Waals surface area contributed by atoms with E-state index in [4.69, 9.17) is 4.74 Å². The van der Waals surface area contributed by atoms with Crippen LogP contribution in [0.5, 0.6) is 0 Å². The van der Waals surface area contributed by atoms with Gasteiger partial charge in [-0.1, -0.05) is 11.8 Å². The lowest BCUT2D eigenvalue weighted by atomic mass is 10.2. The van der Waals surface area contributed by atoms with E-state index in [0.29, 0.717) is 49.7 Å². The summed E-state index contributed by atoms with van der Waals surface area (Å²) in [6.45, 7) is 6.46. The van der Waals surface area contributed by atoms with E-state index < -0.39 is 17.7 Å². The molecule has 200 valence electrons. The number of carbonyl (C=O) groups is 2. The third-order valence-electron chi connectivity index (χ3n) is 5.91. The van der Waals surface area contributed by atoms with E-state index in [1.165, 1.54) is 4.90 Å². The molecule has 0 spiro atoms. The molecule has 4 N–H and O–H groups in total. The maximum Gasteiger partial charge on any atom is 0.410 e. The highest BCUT2D eigenvalue weighted by Gasteiger charge is 2.36. The van der Waals surface area contributed by atoms with Gasteiger partial charge in [-0.2, -0.15) is 10.1 Å². The van der Waals surface area contributed by atoms with E-state index in [2.05, 4.69) is 48.0 Å². The largest absolute Gasteiger partial charge is 0.444 e. The second kappa shape index (κ2) is 11.8. The lowest BCUT2D eigenvalue weighted by Gasteiger charge is -2.28. The first kappa shape index (κ1) is 26.7. The number of fused-ring (bicyclic) bond motifs is 1. The first-order valence-electron chi connectivity index (χ1n) is 12.7. The van der Waals surface area contributed by atoms with Gasteiger partial charge in [0.25, 0.3) is 0 Å². The standard InChI is InChI=1S/C27H34N8O3/c1-27(2,3)38-26(37)35-14-8-10-22(35)24(36)29-13-7-5-6-9-19-16-30-25(33-23(19)28-4)32-20-12-11-18-17-31-34-21(18)15-20/h11-12,15-17,22H,5,7-8,10,13-14H2,1-4H3,(H,29,36)(H,31,34)(H2,28,30,32,33)/t22-/m0/s1. The van der Waals surface area contributed by atoms with Gasteiger partial charge in [-0.25, -0.2) is 9.78 Å². The Morgan fingerprint density at radius 1 is 1.26 bits per heavy atom. The number of anilines is 3. The van der Waals surface area contributed by atoms with Crippen LogP contribution in [0.3, 0.4) is 0 Å². The van der Waals surface area contributed by atoms with Crippen molar-refractivity contribution in [1.82, 2.24) is 30.4 Å². The monoisotopic (exact) mass is 518 g/mol. The van der Waals surface area contributed by atoms with Gasteiger partial charge >= 0.3 is 6.09 Å². The maximum atomic E-state index is 12.6. The number of aromatic nitrogens is 4. The molecule has 0 aliphatic carbocycles. The number of rotatable bonds is 7. The molecule has 0 saturated carbocycles.